The number of hydrogen-bond donors (Lipinski definition) is 3. The molecule has 5 heteroatoms. The van der Waals surface area contributed by atoms with Gasteiger partial charge in [0.15, 0.2) is 0 Å². The van der Waals surface area contributed by atoms with Crippen molar-refractivity contribution in [3.63, 3.8) is 0 Å². The maximum atomic E-state index is 11.0. The lowest BCUT2D eigenvalue weighted by molar-refractivity contribution is 0.0693. The number of carbonyl (C=O) groups is 1. The second kappa shape index (κ2) is 3.96. The van der Waals surface area contributed by atoms with Crippen molar-refractivity contribution in [3.05, 3.63) is 42.0 Å². The molecule has 3 N–H and O–H groups in total. The molecule has 0 amide bonds. The Kier molecular flexibility index (Phi) is 2.41. The number of phenols is 1. The first kappa shape index (κ1) is 11.0. The third kappa shape index (κ3) is 1.69. The average Bonchev–Trinajstić information content (AvgIpc) is 2.35. The molecule has 0 spiro atoms. The van der Waals surface area contributed by atoms with Crippen LogP contribution in [0.4, 0.5) is 11.4 Å². The first-order chi connectivity index (χ1) is 8.65. The number of fused-ring (bicyclic) bond motifs is 2. The van der Waals surface area contributed by atoms with E-state index in [1.165, 1.54) is 23.9 Å². The summed E-state index contributed by atoms with van der Waals surface area (Å²) >= 11 is 1.50. The van der Waals surface area contributed by atoms with E-state index in [4.69, 9.17) is 5.11 Å². The van der Waals surface area contributed by atoms with Crippen LogP contribution in [-0.4, -0.2) is 16.2 Å². The van der Waals surface area contributed by atoms with Crippen molar-refractivity contribution < 1.29 is 15.0 Å². The summed E-state index contributed by atoms with van der Waals surface area (Å²) in [6.07, 6.45) is 0. The van der Waals surface area contributed by atoms with Crippen LogP contribution < -0.4 is 5.32 Å². The molecule has 0 radical (unpaired) electrons. The highest BCUT2D eigenvalue weighted by molar-refractivity contribution is 7.99. The molecule has 2 aromatic carbocycles. The van der Waals surface area contributed by atoms with E-state index in [1.54, 1.807) is 0 Å². The van der Waals surface area contributed by atoms with Gasteiger partial charge in [-0.25, -0.2) is 4.79 Å². The number of aromatic carboxylic acids is 1. The van der Waals surface area contributed by atoms with Crippen LogP contribution in [-0.2, 0) is 0 Å². The minimum atomic E-state index is -1.14. The third-order valence-electron chi connectivity index (χ3n) is 2.70. The molecule has 0 saturated heterocycles. The van der Waals surface area contributed by atoms with E-state index in [0.717, 1.165) is 15.5 Å². The standard InChI is InChI=1S/C13H9NO3S/c15-10-6-12-9(5-7(10)13(16)17)14-8-3-1-2-4-11(8)18-12/h1-6,14-15H,(H,16,17). The van der Waals surface area contributed by atoms with Crippen LogP contribution in [0.15, 0.2) is 46.2 Å². The van der Waals surface area contributed by atoms with Crippen LogP contribution in [0.5, 0.6) is 5.75 Å². The highest BCUT2D eigenvalue weighted by Gasteiger charge is 2.19. The summed E-state index contributed by atoms with van der Waals surface area (Å²) in [4.78, 5) is 12.8. The summed E-state index contributed by atoms with van der Waals surface area (Å²) in [5.74, 6) is -1.35. The number of rotatable bonds is 1. The molecular formula is C13H9NO3S. The number of anilines is 2. The van der Waals surface area contributed by atoms with Gasteiger partial charge in [-0.1, -0.05) is 23.9 Å². The highest BCUT2D eigenvalue weighted by Crippen LogP contribution is 2.45. The van der Waals surface area contributed by atoms with Gasteiger partial charge in [0.05, 0.1) is 11.4 Å². The summed E-state index contributed by atoms with van der Waals surface area (Å²) in [6.45, 7) is 0. The molecule has 4 nitrogen and oxygen atoms in total. The summed E-state index contributed by atoms with van der Waals surface area (Å²) in [5.41, 5.74) is 1.55. The van der Waals surface area contributed by atoms with Crippen LogP contribution in [0.1, 0.15) is 10.4 Å². The van der Waals surface area contributed by atoms with Crippen molar-refractivity contribution in [3.8, 4) is 5.75 Å². The molecule has 0 atom stereocenters. The summed E-state index contributed by atoms with van der Waals surface area (Å²) < 4.78 is 0. The monoisotopic (exact) mass is 259 g/mol. The summed E-state index contributed by atoms with van der Waals surface area (Å²) in [5, 5.41) is 21.8. The minimum absolute atomic E-state index is 0.0961. The first-order valence-electron chi connectivity index (χ1n) is 5.29. The highest BCUT2D eigenvalue weighted by atomic mass is 32.2. The number of carboxylic acids is 1. The molecule has 18 heavy (non-hydrogen) atoms. The zero-order valence-electron chi connectivity index (χ0n) is 9.18. The second-order valence-electron chi connectivity index (χ2n) is 3.89. The molecule has 0 aromatic heterocycles. The maximum Gasteiger partial charge on any atom is 0.339 e. The number of benzene rings is 2. The number of nitrogens with one attached hydrogen (secondary N) is 1. The Morgan fingerprint density at radius 2 is 1.89 bits per heavy atom. The number of para-hydroxylation sites is 1. The van der Waals surface area contributed by atoms with E-state index in [0.29, 0.717) is 5.69 Å². The van der Waals surface area contributed by atoms with Gasteiger partial charge < -0.3 is 15.5 Å². The lowest BCUT2D eigenvalue weighted by Gasteiger charge is -2.21. The molecule has 1 heterocycles. The van der Waals surface area contributed by atoms with Gasteiger partial charge in [0.2, 0.25) is 0 Å². The van der Waals surface area contributed by atoms with Gasteiger partial charge in [0.25, 0.3) is 0 Å². The van der Waals surface area contributed by atoms with E-state index < -0.39 is 5.97 Å². The number of aromatic hydroxyl groups is 1. The van der Waals surface area contributed by atoms with Crippen molar-refractivity contribution in [2.24, 2.45) is 0 Å². The Morgan fingerprint density at radius 3 is 2.67 bits per heavy atom. The van der Waals surface area contributed by atoms with Gasteiger partial charge in [-0.2, -0.15) is 0 Å². The van der Waals surface area contributed by atoms with E-state index in [1.807, 2.05) is 24.3 Å². The zero-order chi connectivity index (χ0) is 12.7. The van der Waals surface area contributed by atoms with Crippen molar-refractivity contribution in [2.75, 3.05) is 5.32 Å². The second-order valence-corrected chi connectivity index (χ2v) is 4.98. The normalized spacial score (nSPS) is 12.2. The van der Waals surface area contributed by atoms with Gasteiger partial charge in [0, 0.05) is 9.79 Å². The van der Waals surface area contributed by atoms with Gasteiger partial charge in [-0.15, -0.1) is 0 Å². The fourth-order valence-corrected chi connectivity index (χ4v) is 2.85. The fourth-order valence-electron chi connectivity index (χ4n) is 1.84. The Balaban J connectivity index is 2.11. The molecule has 90 valence electrons. The molecule has 1 aliphatic rings. The topological polar surface area (TPSA) is 69.6 Å². The summed E-state index contributed by atoms with van der Waals surface area (Å²) in [6, 6.07) is 10.7. The smallest absolute Gasteiger partial charge is 0.339 e. The SMILES string of the molecule is O=C(O)c1cc2c(cc1O)Sc1ccccc1N2. The van der Waals surface area contributed by atoms with Crippen LogP contribution >= 0.6 is 11.8 Å². The Labute approximate surface area is 107 Å². The van der Waals surface area contributed by atoms with E-state index in [9.17, 15) is 9.90 Å². The van der Waals surface area contributed by atoms with Crippen molar-refractivity contribution >= 4 is 29.1 Å². The predicted octanol–water partition coefficient (Wildman–Crippen LogP) is 3.30. The Hall–Kier alpha value is -2.14. The van der Waals surface area contributed by atoms with E-state index in [2.05, 4.69) is 5.32 Å². The van der Waals surface area contributed by atoms with E-state index in [-0.39, 0.29) is 11.3 Å². The Bertz CT molecular complexity index is 655. The summed E-state index contributed by atoms with van der Waals surface area (Å²) in [7, 11) is 0. The third-order valence-corrected chi connectivity index (χ3v) is 3.84. The van der Waals surface area contributed by atoms with Gasteiger partial charge in [0.1, 0.15) is 11.3 Å². The number of hydrogen-bond acceptors (Lipinski definition) is 4. The van der Waals surface area contributed by atoms with Gasteiger partial charge in [-0.3, -0.25) is 0 Å². The molecule has 3 rings (SSSR count). The van der Waals surface area contributed by atoms with Crippen molar-refractivity contribution in [1.29, 1.82) is 0 Å². The van der Waals surface area contributed by atoms with Crippen LogP contribution in [0.25, 0.3) is 0 Å². The molecule has 2 aromatic rings. The predicted molar refractivity (Wildman–Crippen MR) is 68.9 cm³/mol. The van der Waals surface area contributed by atoms with Gasteiger partial charge >= 0.3 is 5.97 Å². The first-order valence-corrected chi connectivity index (χ1v) is 6.11. The van der Waals surface area contributed by atoms with E-state index >= 15 is 0 Å². The maximum absolute atomic E-state index is 11.0. The van der Waals surface area contributed by atoms with Crippen molar-refractivity contribution in [2.45, 2.75) is 9.79 Å². The van der Waals surface area contributed by atoms with Crippen LogP contribution in [0.2, 0.25) is 0 Å². The van der Waals surface area contributed by atoms with Crippen LogP contribution in [0.3, 0.4) is 0 Å². The number of carboxylic acid groups (broad SMARTS) is 1. The zero-order valence-corrected chi connectivity index (χ0v) is 9.99. The lowest BCUT2D eigenvalue weighted by atomic mass is 10.1. The fraction of sp³-hybridized carbons (Fsp3) is 0. The van der Waals surface area contributed by atoms with Gasteiger partial charge in [-0.05, 0) is 24.3 Å². The van der Waals surface area contributed by atoms with Crippen LogP contribution in [0, 0.1) is 0 Å². The molecule has 0 fully saturated rings. The molecular weight excluding hydrogens is 250 g/mol. The quantitative estimate of drug-likeness (QED) is 0.585. The lowest BCUT2D eigenvalue weighted by Crippen LogP contribution is -2.03. The Morgan fingerprint density at radius 1 is 1.11 bits per heavy atom. The molecule has 0 unspecified atom stereocenters. The average molecular weight is 259 g/mol. The molecule has 0 bridgehead atoms. The molecule has 1 aliphatic heterocycles. The molecule has 0 saturated carbocycles. The van der Waals surface area contributed by atoms with Crippen molar-refractivity contribution in [1.82, 2.24) is 0 Å². The largest absolute Gasteiger partial charge is 0.507 e. The minimum Gasteiger partial charge on any atom is -0.507 e. The molecule has 0 aliphatic carbocycles.